The van der Waals surface area contributed by atoms with Gasteiger partial charge in [-0.1, -0.05) is 13.8 Å². The van der Waals surface area contributed by atoms with E-state index >= 15 is 0 Å². The van der Waals surface area contributed by atoms with Gasteiger partial charge in [-0.15, -0.1) is 0 Å². The molecule has 2 atom stereocenters. The molecule has 1 fully saturated rings. The van der Waals surface area contributed by atoms with Gasteiger partial charge in [-0.2, -0.15) is 0 Å². The van der Waals surface area contributed by atoms with E-state index in [2.05, 4.69) is 18.8 Å². The van der Waals surface area contributed by atoms with Gasteiger partial charge in [0.05, 0.1) is 6.10 Å². The molecule has 106 valence electrons. The summed E-state index contributed by atoms with van der Waals surface area (Å²) in [6.45, 7) is 8.21. The Bertz CT molecular complexity index is 482. The van der Waals surface area contributed by atoms with Gasteiger partial charge in [-0.05, 0) is 19.3 Å². The van der Waals surface area contributed by atoms with E-state index in [0.717, 1.165) is 13.0 Å². The van der Waals surface area contributed by atoms with E-state index < -0.39 is 0 Å². The van der Waals surface area contributed by atoms with Gasteiger partial charge < -0.3 is 14.6 Å². The molecule has 1 aromatic heterocycles. The molecule has 0 aliphatic carbocycles. The van der Waals surface area contributed by atoms with Gasteiger partial charge in [-0.3, -0.25) is 4.79 Å². The molecule has 0 bridgehead atoms. The molecule has 1 aliphatic rings. The second-order valence-electron chi connectivity index (χ2n) is 5.84. The molecule has 0 aromatic carbocycles. The Kier molecular flexibility index (Phi) is 4.24. The first-order valence-electron chi connectivity index (χ1n) is 6.97. The van der Waals surface area contributed by atoms with E-state index in [1.807, 2.05) is 11.8 Å². The average Bonchev–Trinajstić information content (AvgIpc) is 2.80. The van der Waals surface area contributed by atoms with Gasteiger partial charge in [0, 0.05) is 37.9 Å². The van der Waals surface area contributed by atoms with E-state index in [0.29, 0.717) is 24.8 Å². The molecule has 0 spiro atoms. The minimum absolute atomic E-state index is 0.0255. The maximum Gasteiger partial charge on any atom is 0.293 e. The Hall–Kier alpha value is -1.36. The van der Waals surface area contributed by atoms with Crippen LogP contribution in [0.1, 0.15) is 27.2 Å². The number of rotatable bonds is 4. The highest BCUT2D eigenvalue weighted by Crippen LogP contribution is 2.22. The summed E-state index contributed by atoms with van der Waals surface area (Å²) in [6.07, 6.45) is 4.02. The highest BCUT2D eigenvalue weighted by Gasteiger charge is 2.28. The summed E-state index contributed by atoms with van der Waals surface area (Å²) in [7, 11) is 0. The molecule has 0 amide bonds. The lowest BCUT2D eigenvalue weighted by Gasteiger charge is -2.19. The van der Waals surface area contributed by atoms with Gasteiger partial charge in [0.15, 0.2) is 5.82 Å². The van der Waals surface area contributed by atoms with Gasteiger partial charge in [0.1, 0.15) is 0 Å². The van der Waals surface area contributed by atoms with Crippen molar-refractivity contribution >= 4 is 5.82 Å². The summed E-state index contributed by atoms with van der Waals surface area (Å²) in [4.78, 5) is 18.6. The lowest BCUT2D eigenvalue weighted by atomic mass is 10.0. The van der Waals surface area contributed by atoms with Crippen molar-refractivity contribution in [2.45, 2.75) is 39.8 Å². The van der Waals surface area contributed by atoms with Gasteiger partial charge in [0.2, 0.25) is 0 Å². The molecule has 2 heterocycles. The summed E-state index contributed by atoms with van der Waals surface area (Å²) in [5.41, 5.74) is -0.0255. The highest BCUT2D eigenvalue weighted by molar-refractivity contribution is 5.37. The van der Waals surface area contributed by atoms with Gasteiger partial charge in [0.25, 0.3) is 5.56 Å². The van der Waals surface area contributed by atoms with Gasteiger partial charge in [-0.25, -0.2) is 4.98 Å². The van der Waals surface area contributed by atoms with Crippen LogP contribution in [0.2, 0.25) is 0 Å². The summed E-state index contributed by atoms with van der Waals surface area (Å²) >= 11 is 0. The third-order valence-corrected chi connectivity index (χ3v) is 3.66. The zero-order valence-electron chi connectivity index (χ0n) is 11.9. The average molecular weight is 265 g/mol. The molecule has 5 nitrogen and oxygen atoms in total. The molecule has 1 aromatic rings. The first kappa shape index (κ1) is 14.1. The number of aromatic nitrogens is 2. The van der Waals surface area contributed by atoms with Crippen molar-refractivity contribution in [3.8, 4) is 0 Å². The van der Waals surface area contributed by atoms with Crippen molar-refractivity contribution in [2.75, 3.05) is 18.0 Å². The van der Waals surface area contributed by atoms with Crippen LogP contribution in [0, 0.1) is 11.8 Å². The van der Waals surface area contributed by atoms with Crippen molar-refractivity contribution < 1.29 is 5.11 Å². The Balaban J connectivity index is 2.20. The molecule has 0 saturated carbocycles. The SMILES string of the molecule is CC(C)Cn1ccnc(N2CCC(C(C)O)C2)c1=O. The van der Waals surface area contributed by atoms with Crippen LogP contribution in [-0.4, -0.2) is 33.9 Å². The van der Waals surface area contributed by atoms with E-state index in [-0.39, 0.29) is 17.6 Å². The minimum Gasteiger partial charge on any atom is -0.393 e. The normalized spacial score (nSPS) is 21.1. The minimum atomic E-state index is -0.327. The van der Waals surface area contributed by atoms with Crippen molar-refractivity contribution in [1.29, 1.82) is 0 Å². The Labute approximate surface area is 113 Å². The molecule has 5 heteroatoms. The Morgan fingerprint density at radius 3 is 2.79 bits per heavy atom. The van der Waals surface area contributed by atoms with E-state index in [1.165, 1.54) is 0 Å². The molecule has 1 aliphatic heterocycles. The van der Waals surface area contributed by atoms with Crippen LogP contribution in [0.4, 0.5) is 5.82 Å². The number of aliphatic hydroxyl groups excluding tert-OH is 1. The van der Waals surface area contributed by atoms with Crippen LogP contribution in [0.25, 0.3) is 0 Å². The summed E-state index contributed by atoms with van der Waals surface area (Å²) in [6, 6.07) is 0. The number of hydrogen-bond acceptors (Lipinski definition) is 4. The third-order valence-electron chi connectivity index (χ3n) is 3.66. The summed E-state index contributed by atoms with van der Waals surface area (Å²) in [5.74, 6) is 1.18. The molecule has 1 saturated heterocycles. The van der Waals surface area contributed by atoms with Crippen molar-refractivity contribution in [1.82, 2.24) is 9.55 Å². The standard InChI is InChI=1S/C14H23N3O2/c1-10(2)8-17-7-5-15-13(14(17)19)16-6-4-12(9-16)11(3)18/h5,7,10-12,18H,4,6,8-9H2,1-3H3. The highest BCUT2D eigenvalue weighted by atomic mass is 16.3. The molecule has 19 heavy (non-hydrogen) atoms. The lowest BCUT2D eigenvalue weighted by Crippen LogP contribution is -2.33. The lowest BCUT2D eigenvalue weighted by molar-refractivity contribution is 0.136. The zero-order valence-corrected chi connectivity index (χ0v) is 11.9. The predicted octanol–water partition coefficient (Wildman–Crippen LogP) is 1.11. The Morgan fingerprint density at radius 2 is 2.21 bits per heavy atom. The fourth-order valence-electron chi connectivity index (χ4n) is 2.56. The summed E-state index contributed by atoms with van der Waals surface area (Å²) in [5, 5.41) is 9.63. The molecule has 2 rings (SSSR count). The van der Waals surface area contributed by atoms with Gasteiger partial charge >= 0.3 is 0 Å². The second kappa shape index (κ2) is 5.74. The van der Waals surface area contributed by atoms with Crippen LogP contribution in [-0.2, 0) is 6.54 Å². The molecule has 0 radical (unpaired) electrons. The number of aliphatic hydroxyl groups is 1. The molecular weight excluding hydrogens is 242 g/mol. The summed E-state index contributed by atoms with van der Waals surface area (Å²) < 4.78 is 1.72. The van der Waals surface area contributed by atoms with Crippen LogP contribution < -0.4 is 10.5 Å². The fraction of sp³-hybridized carbons (Fsp3) is 0.714. The largest absolute Gasteiger partial charge is 0.393 e. The van der Waals surface area contributed by atoms with Crippen molar-refractivity contribution in [3.05, 3.63) is 22.7 Å². The number of anilines is 1. The van der Waals surface area contributed by atoms with Crippen molar-refractivity contribution in [2.24, 2.45) is 11.8 Å². The first-order valence-corrected chi connectivity index (χ1v) is 6.97. The van der Waals surface area contributed by atoms with E-state index in [9.17, 15) is 9.90 Å². The molecular formula is C14H23N3O2. The fourth-order valence-corrected chi connectivity index (χ4v) is 2.56. The number of nitrogens with zero attached hydrogens (tertiary/aromatic N) is 3. The second-order valence-corrected chi connectivity index (χ2v) is 5.84. The predicted molar refractivity (Wildman–Crippen MR) is 75.3 cm³/mol. The maximum atomic E-state index is 12.4. The monoisotopic (exact) mass is 265 g/mol. The molecule has 1 N–H and O–H groups in total. The van der Waals surface area contributed by atoms with Crippen LogP contribution >= 0.6 is 0 Å². The number of hydrogen-bond donors (Lipinski definition) is 1. The maximum absolute atomic E-state index is 12.4. The van der Waals surface area contributed by atoms with Crippen molar-refractivity contribution in [3.63, 3.8) is 0 Å². The van der Waals surface area contributed by atoms with E-state index in [4.69, 9.17) is 0 Å². The Morgan fingerprint density at radius 1 is 1.47 bits per heavy atom. The van der Waals surface area contributed by atoms with Crippen LogP contribution in [0.5, 0.6) is 0 Å². The third kappa shape index (κ3) is 3.15. The topological polar surface area (TPSA) is 58.4 Å². The van der Waals surface area contributed by atoms with E-state index in [1.54, 1.807) is 17.0 Å². The zero-order chi connectivity index (χ0) is 14.0. The smallest absolute Gasteiger partial charge is 0.293 e. The quantitative estimate of drug-likeness (QED) is 0.886. The van der Waals surface area contributed by atoms with Crippen LogP contribution in [0.15, 0.2) is 17.2 Å². The molecule has 2 unspecified atom stereocenters. The first-order chi connectivity index (χ1) is 8.99. The van der Waals surface area contributed by atoms with Crippen LogP contribution in [0.3, 0.4) is 0 Å².